The minimum absolute atomic E-state index is 0.0260. The van der Waals surface area contributed by atoms with E-state index in [9.17, 15) is 9.90 Å². The van der Waals surface area contributed by atoms with Crippen molar-refractivity contribution in [2.45, 2.75) is 19.6 Å². The van der Waals surface area contributed by atoms with Crippen molar-refractivity contribution in [1.82, 2.24) is 0 Å². The summed E-state index contributed by atoms with van der Waals surface area (Å²) in [5, 5.41) is 18.1. The zero-order valence-corrected chi connectivity index (χ0v) is 12.8. The lowest BCUT2D eigenvalue weighted by Crippen LogP contribution is -2.06. The van der Waals surface area contributed by atoms with Gasteiger partial charge in [0.15, 0.2) is 0 Å². The number of rotatable bonds is 6. The van der Waals surface area contributed by atoms with Gasteiger partial charge in [-0.05, 0) is 34.9 Å². The maximum Gasteiger partial charge on any atom is 0.307 e. The standard InChI is InChI=1S/C16H15BrO4/c17-15-6-5-14(7-13(15)9-18)21-10-12-4-2-1-3-11(12)8-16(19)20/h1-7,18H,8-10H2,(H,19,20). The highest BCUT2D eigenvalue weighted by Gasteiger charge is 2.07. The van der Waals surface area contributed by atoms with Crippen LogP contribution in [0.1, 0.15) is 16.7 Å². The van der Waals surface area contributed by atoms with Crippen molar-refractivity contribution in [2.75, 3.05) is 0 Å². The molecule has 110 valence electrons. The molecule has 0 aliphatic carbocycles. The third kappa shape index (κ3) is 4.31. The molecule has 0 atom stereocenters. The van der Waals surface area contributed by atoms with Gasteiger partial charge < -0.3 is 14.9 Å². The molecule has 0 heterocycles. The first kappa shape index (κ1) is 15.5. The van der Waals surface area contributed by atoms with Crippen LogP contribution in [0.5, 0.6) is 5.75 Å². The van der Waals surface area contributed by atoms with Crippen molar-refractivity contribution < 1.29 is 19.7 Å². The summed E-state index contributed by atoms with van der Waals surface area (Å²) in [6.07, 6.45) is -0.0260. The molecule has 2 rings (SSSR count). The monoisotopic (exact) mass is 350 g/mol. The van der Waals surface area contributed by atoms with Crippen LogP contribution in [0, 0.1) is 0 Å². The number of ether oxygens (including phenoxy) is 1. The summed E-state index contributed by atoms with van der Waals surface area (Å²) in [5.41, 5.74) is 2.32. The number of aliphatic carboxylic acids is 1. The Balaban J connectivity index is 2.11. The average Bonchev–Trinajstić information content (AvgIpc) is 2.47. The second-order valence-electron chi connectivity index (χ2n) is 4.54. The predicted octanol–water partition coefficient (Wildman–Crippen LogP) is 3.15. The summed E-state index contributed by atoms with van der Waals surface area (Å²) in [6, 6.07) is 12.7. The predicted molar refractivity (Wildman–Crippen MR) is 82.2 cm³/mol. The Bertz CT molecular complexity index is 640. The van der Waals surface area contributed by atoms with E-state index in [1.54, 1.807) is 18.2 Å². The maximum atomic E-state index is 10.8. The lowest BCUT2D eigenvalue weighted by Gasteiger charge is -2.11. The Labute approximate surface area is 131 Å². The maximum absolute atomic E-state index is 10.8. The highest BCUT2D eigenvalue weighted by atomic mass is 79.9. The summed E-state index contributed by atoms with van der Waals surface area (Å²) < 4.78 is 6.51. The van der Waals surface area contributed by atoms with Gasteiger partial charge in [-0.2, -0.15) is 0 Å². The zero-order valence-electron chi connectivity index (χ0n) is 11.3. The lowest BCUT2D eigenvalue weighted by atomic mass is 10.1. The van der Waals surface area contributed by atoms with Crippen LogP contribution in [0.25, 0.3) is 0 Å². The lowest BCUT2D eigenvalue weighted by molar-refractivity contribution is -0.136. The fourth-order valence-corrected chi connectivity index (χ4v) is 2.33. The highest BCUT2D eigenvalue weighted by Crippen LogP contribution is 2.23. The van der Waals surface area contributed by atoms with Crippen molar-refractivity contribution in [1.29, 1.82) is 0 Å². The van der Waals surface area contributed by atoms with Gasteiger partial charge in [0.2, 0.25) is 0 Å². The molecule has 0 spiro atoms. The van der Waals surface area contributed by atoms with Crippen molar-refractivity contribution in [3.8, 4) is 5.75 Å². The summed E-state index contributed by atoms with van der Waals surface area (Å²) in [5.74, 6) is -0.235. The van der Waals surface area contributed by atoms with Crippen LogP contribution in [0.15, 0.2) is 46.9 Å². The Morgan fingerprint density at radius 2 is 1.81 bits per heavy atom. The van der Waals surface area contributed by atoms with Crippen LogP contribution >= 0.6 is 15.9 Å². The molecular formula is C16H15BrO4. The van der Waals surface area contributed by atoms with E-state index in [0.29, 0.717) is 5.75 Å². The van der Waals surface area contributed by atoms with E-state index in [2.05, 4.69) is 15.9 Å². The average molecular weight is 351 g/mol. The fourth-order valence-electron chi connectivity index (χ4n) is 1.96. The van der Waals surface area contributed by atoms with Gasteiger partial charge in [-0.3, -0.25) is 4.79 Å². The molecule has 0 aliphatic rings. The molecule has 2 aromatic carbocycles. The topological polar surface area (TPSA) is 66.8 Å². The second-order valence-corrected chi connectivity index (χ2v) is 5.39. The zero-order chi connectivity index (χ0) is 15.2. The molecule has 0 aromatic heterocycles. The molecule has 0 saturated heterocycles. The van der Waals surface area contributed by atoms with Crippen molar-refractivity contribution in [3.05, 3.63) is 63.6 Å². The van der Waals surface area contributed by atoms with Crippen LogP contribution in [0.4, 0.5) is 0 Å². The quantitative estimate of drug-likeness (QED) is 0.839. The molecule has 0 radical (unpaired) electrons. The van der Waals surface area contributed by atoms with E-state index in [4.69, 9.17) is 9.84 Å². The van der Waals surface area contributed by atoms with Gasteiger partial charge in [-0.1, -0.05) is 40.2 Å². The molecule has 0 saturated carbocycles. The number of carbonyl (C=O) groups is 1. The van der Waals surface area contributed by atoms with Gasteiger partial charge in [-0.25, -0.2) is 0 Å². The molecular weight excluding hydrogens is 336 g/mol. The summed E-state index contributed by atoms with van der Waals surface area (Å²) in [6.45, 7) is 0.212. The number of carboxylic acid groups (broad SMARTS) is 1. The van der Waals surface area contributed by atoms with E-state index in [0.717, 1.165) is 21.2 Å². The minimum Gasteiger partial charge on any atom is -0.489 e. The summed E-state index contributed by atoms with van der Waals surface area (Å²) in [7, 11) is 0. The smallest absolute Gasteiger partial charge is 0.307 e. The minimum atomic E-state index is -0.867. The fraction of sp³-hybridized carbons (Fsp3) is 0.188. The molecule has 0 aliphatic heterocycles. The van der Waals surface area contributed by atoms with Crippen molar-refractivity contribution in [3.63, 3.8) is 0 Å². The molecule has 21 heavy (non-hydrogen) atoms. The number of hydrogen-bond donors (Lipinski definition) is 2. The molecule has 2 N–H and O–H groups in total. The third-order valence-electron chi connectivity index (χ3n) is 3.04. The Hall–Kier alpha value is -1.85. The highest BCUT2D eigenvalue weighted by molar-refractivity contribution is 9.10. The van der Waals surface area contributed by atoms with Crippen LogP contribution in [0.2, 0.25) is 0 Å². The van der Waals surface area contributed by atoms with Crippen molar-refractivity contribution in [2.24, 2.45) is 0 Å². The van der Waals surface area contributed by atoms with E-state index in [1.165, 1.54) is 0 Å². The van der Waals surface area contributed by atoms with E-state index in [-0.39, 0.29) is 19.6 Å². The Kier molecular flexibility index (Phi) is 5.36. The van der Waals surface area contributed by atoms with Gasteiger partial charge in [0.1, 0.15) is 12.4 Å². The first-order valence-corrected chi connectivity index (χ1v) is 7.20. The molecule has 0 fully saturated rings. The van der Waals surface area contributed by atoms with Gasteiger partial charge in [0.05, 0.1) is 13.0 Å². The Morgan fingerprint density at radius 3 is 2.48 bits per heavy atom. The molecule has 0 bridgehead atoms. The summed E-state index contributed by atoms with van der Waals surface area (Å²) >= 11 is 3.34. The number of aliphatic hydroxyl groups excluding tert-OH is 1. The molecule has 2 aromatic rings. The SMILES string of the molecule is O=C(O)Cc1ccccc1COc1ccc(Br)c(CO)c1. The Morgan fingerprint density at radius 1 is 1.10 bits per heavy atom. The first-order valence-electron chi connectivity index (χ1n) is 6.41. The molecule has 0 amide bonds. The number of aliphatic hydroxyl groups is 1. The van der Waals surface area contributed by atoms with E-state index in [1.807, 2.05) is 24.3 Å². The summed E-state index contributed by atoms with van der Waals surface area (Å²) in [4.78, 5) is 10.8. The van der Waals surface area contributed by atoms with Gasteiger partial charge in [0, 0.05) is 4.47 Å². The van der Waals surface area contributed by atoms with Crippen LogP contribution in [-0.2, 0) is 24.4 Å². The molecule has 4 nitrogen and oxygen atoms in total. The van der Waals surface area contributed by atoms with Gasteiger partial charge in [0.25, 0.3) is 0 Å². The van der Waals surface area contributed by atoms with E-state index >= 15 is 0 Å². The largest absolute Gasteiger partial charge is 0.489 e. The number of hydrogen-bond acceptors (Lipinski definition) is 3. The molecule has 5 heteroatoms. The second kappa shape index (κ2) is 7.24. The number of carboxylic acids is 1. The molecule has 0 unspecified atom stereocenters. The first-order chi connectivity index (χ1) is 10.1. The number of benzene rings is 2. The van der Waals surface area contributed by atoms with Crippen LogP contribution in [-0.4, -0.2) is 16.2 Å². The normalized spacial score (nSPS) is 10.4. The van der Waals surface area contributed by atoms with Crippen LogP contribution < -0.4 is 4.74 Å². The number of halogens is 1. The van der Waals surface area contributed by atoms with Crippen LogP contribution in [0.3, 0.4) is 0 Å². The van der Waals surface area contributed by atoms with Crippen molar-refractivity contribution >= 4 is 21.9 Å². The van der Waals surface area contributed by atoms with Gasteiger partial charge in [-0.15, -0.1) is 0 Å². The third-order valence-corrected chi connectivity index (χ3v) is 3.82. The van der Waals surface area contributed by atoms with E-state index < -0.39 is 5.97 Å². The van der Waals surface area contributed by atoms with Gasteiger partial charge >= 0.3 is 5.97 Å².